The van der Waals surface area contributed by atoms with E-state index in [1.54, 1.807) is 18.5 Å². The average molecular weight is 334 g/mol. The van der Waals surface area contributed by atoms with Crippen LogP contribution in [0.2, 0.25) is 5.02 Å². The molecule has 1 amide bonds. The van der Waals surface area contributed by atoms with E-state index in [2.05, 4.69) is 25.5 Å². The molecule has 0 aliphatic carbocycles. The number of halogens is 1. The van der Waals surface area contributed by atoms with Crippen LogP contribution >= 0.6 is 11.6 Å². The summed E-state index contributed by atoms with van der Waals surface area (Å²) >= 11 is 6.10. The minimum atomic E-state index is -0.318. The summed E-state index contributed by atoms with van der Waals surface area (Å²) in [5.41, 5.74) is 1.75. The van der Waals surface area contributed by atoms with Gasteiger partial charge in [-0.1, -0.05) is 11.6 Å². The van der Waals surface area contributed by atoms with Crippen molar-refractivity contribution in [2.24, 2.45) is 0 Å². The summed E-state index contributed by atoms with van der Waals surface area (Å²) in [6, 6.07) is 1.73. The molecule has 3 aromatic rings. The molecule has 0 atom stereocenters. The molecule has 0 fully saturated rings. The van der Waals surface area contributed by atoms with Crippen molar-refractivity contribution in [1.29, 1.82) is 0 Å². The zero-order valence-electron chi connectivity index (χ0n) is 12.8. The van der Waals surface area contributed by atoms with E-state index in [4.69, 9.17) is 11.6 Å². The summed E-state index contributed by atoms with van der Waals surface area (Å²) in [6.45, 7) is 4.98. The van der Waals surface area contributed by atoms with Crippen LogP contribution in [0.1, 0.15) is 28.4 Å². The Morgan fingerprint density at radius 1 is 1.35 bits per heavy atom. The summed E-state index contributed by atoms with van der Waals surface area (Å²) < 4.78 is 3.31. The molecule has 0 saturated heterocycles. The molecule has 0 unspecified atom stereocenters. The molecule has 23 heavy (non-hydrogen) atoms. The van der Waals surface area contributed by atoms with Crippen molar-refractivity contribution in [2.45, 2.75) is 26.8 Å². The van der Waals surface area contributed by atoms with Gasteiger partial charge in [0.15, 0.2) is 0 Å². The number of carbonyl (C=O) groups is 1. The summed E-state index contributed by atoms with van der Waals surface area (Å²) in [5, 5.41) is 11.9. The maximum Gasteiger partial charge on any atom is 0.291 e. The maximum absolute atomic E-state index is 12.0. The highest BCUT2D eigenvalue weighted by Gasteiger charge is 2.13. The highest BCUT2D eigenvalue weighted by molar-refractivity contribution is 6.31. The Morgan fingerprint density at radius 3 is 2.87 bits per heavy atom. The van der Waals surface area contributed by atoms with Crippen LogP contribution in [0.5, 0.6) is 0 Å². The Morgan fingerprint density at radius 2 is 2.17 bits per heavy atom. The fraction of sp³-hybridized carbons (Fsp3) is 0.357. The van der Waals surface area contributed by atoms with Gasteiger partial charge in [0.25, 0.3) is 11.7 Å². The highest BCUT2D eigenvalue weighted by Crippen LogP contribution is 2.18. The Bertz CT molecular complexity index is 821. The second kappa shape index (κ2) is 6.33. The molecule has 3 aromatic heterocycles. The van der Waals surface area contributed by atoms with Gasteiger partial charge in [-0.3, -0.25) is 9.48 Å². The fourth-order valence-corrected chi connectivity index (χ4v) is 2.37. The van der Waals surface area contributed by atoms with Gasteiger partial charge in [0.05, 0.1) is 16.4 Å². The average Bonchev–Trinajstić information content (AvgIpc) is 3.08. The second-order valence-corrected chi connectivity index (χ2v) is 5.50. The van der Waals surface area contributed by atoms with Crippen LogP contribution in [-0.2, 0) is 6.54 Å². The predicted molar refractivity (Wildman–Crippen MR) is 84.4 cm³/mol. The predicted octanol–water partition coefficient (Wildman–Crippen LogP) is 1.41. The number of fused-ring (bicyclic) bond motifs is 1. The van der Waals surface area contributed by atoms with Gasteiger partial charge in [0, 0.05) is 25.5 Å². The van der Waals surface area contributed by atoms with Gasteiger partial charge in [-0.15, -0.1) is 5.10 Å². The molecule has 3 rings (SSSR count). The SMILES string of the molecule is Cc1nn(CCCNC(=O)c2nc3ncccn3n2)c(C)c1Cl. The lowest BCUT2D eigenvalue weighted by Gasteiger charge is -2.05. The number of amides is 1. The van der Waals surface area contributed by atoms with Gasteiger partial charge in [0.1, 0.15) is 0 Å². The Kier molecular flexibility index (Phi) is 4.24. The Balaban J connectivity index is 1.54. The van der Waals surface area contributed by atoms with E-state index in [0.29, 0.717) is 23.9 Å². The van der Waals surface area contributed by atoms with Gasteiger partial charge in [-0.05, 0) is 26.3 Å². The maximum atomic E-state index is 12.0. The van der Waals surface area contributed by atoms with Gasteiger partial charge in [0.2, 0.25) is 5.82 Å². The molecule has 0 spiro atoms. The van der Waals surface area contributed by atoms with Crippen molar-refractivity contribution in [3.8, 4) is 0 Å². The molecule has 0 aromatic carbocycles. The van der Waals surface area contributed by atoms with Crippen LogP contribution in [0.3, 0.4) is 0 Å². The first-order valence-corrected chi connectivity index (χ1v) is 7.59. The molecule has 1 N–H and O–H groups in total. The number of hydrogen-bond acceptors (Lipinski definition) is 5. The normalized spacial score (nSPS) is 11.1. The third-order valence-corrected chi connectivity index (χ3v) is 3.99. The standard InChI is InChI=1S/C14H16ClN7O/c1-9-11(15)10(2)21(19-9)7-3-5-16-13(23)12-18-14-17-6-4-8-22(14)20-12/h4,6,8H,3,5,7H2,1-2H3,(H,16,23). The summed E-state index contributed by atoms with van der Waals surface area (Å²) in [5.74, 6) is 0.190. The number of nitrogens with zero attached hydrogens (tertiary/aromatic N) is 6. The van der Waals surface area contributed by atoms with Crippen LogP contribution < -0.4 is 5.32 Å². The van der Waals surface area contributed by atoms with Crippen molar-refractivity contribution < 1.29 is 4.79 Å². The Hall–Kier alpha value is -2.48. The lowest BCUT2D eigenvalue weighted by Crippen LogP contribution is -2.26. The molecule has 8 nitrogen and oxygen atoms in total. The van der Waals surface area contributed by atoms with Gasteiger partial charge in [-0.25, -0.2) is 9.50 Å². The zero-order valence-corrected chi connectivity index (χ0v) is 13.6. The number of hydrogen-bond donors (Lipinski definition) is 1. The molecule has 9 heteroatoms. The number of aryl methyl sites for hydroxylation is 2. The van der Waals surface area contributed by atoms with E-state index in [1.165, 1.54) is 4.52 Å². The van der Waals surface area contributed by atoms with Crippen LogP contribution in [0.15, 0.2) is 18.5 Å². The van der Waals surface area contributed by atoms with Gasteiger partial charge >= 0.3 is 0 Å². The second-order valence-electron chi connectivity index (χ2n) is 5.12. The summed E-state index contributed by atoms with van der Waals surface area (Å²) in [6.07, 6.45) is 4.03. The summed E-state index contributed by atoms with van der Waals surface area (Å²) in [7, 11) is 0. The van der Waals surface area contributed by atoms with E-state index in [-0.39, 0.29) is 11.7 Å². The van der Waals surface area contributed by atoms with Crippen LogP contribution in [-0.4, -0.2) is 41.8 Å². The third-order valence-electron chi connectivity index (χ3n) is 3.45. The smallest absolute Gasteiger partial charge is 0.291 e. The van der Waals surface area contributed by atoms with E-state index >= 15 is 0 Å². The minimum Gasteiger partial charge on any atom is -0.349 e. The molecule has 0 bridgehead atoms. The first-order valence-electron chi connectivity index (χ1n) is 7.21. The number of carbonyl (C=O) groups excluding carboxylic acids is 1. The molecule has 0 saturated carbocycles. The highest BCUT2D eigenvalue weighted by atomic mass is 35.5. The van der Waals surface area contributed by atoms with Crippen LogP contribution in [0.25, 0.3) is 5.78 Å². The molecule has 0 radical (unpaired) electrons. The molecule has 0 aliphatic rings. The lowest BCUT2D eigenvalue weighted by molar-refractivity contribution is 0.0942. The van der Waals surface area contributed by atoms with E-state index in [9.17, 15) is 4.79 Å². The van der Waals surface area contributed by atoms with Crippen molar-refractivity contribution in [3.05, 3.63) is 40.7 Å². The topological polar surface area (TPSA) is 90.0 Å². The minimum absolute atomic E-state index is 0.109. The quantitative estimate of drug-likeness (QED) is 0.713. The van der Waals surface area contributed by atoms with Crippen LogP contribution in [0, 0.1) is 13.8 Å². The first-order chi connectivity index (χ1) is 11.1. The number of rotatable bonds is 5. The Labute approximate surface area is 137 Å². The summed E-state index contributed by atoms with van der Waals surface area (Å²) in [4.78, 5) is 20.1. The third kappa shape index (κ3) is 3.16. The van der Waals surface area contributed by atoms with Gasteiger partial charge < -0.3 is 5.32 Å². The molecule has 3 heterocycles. The zero-order chi connectivity index (χ0) is 16.4. The fourth-order valence-electron chi connectivity index (χ4n) is 2.23. The van der Waals surface area contributed by atoms with Crippen molar-refractivity contribution in [3.63, 3.8) is 0 Å². The molecule has 0 aliphatic heterocycles. The number of nitrogens with one attached hydrogen (secondary N) is 1. The molecular formula is C14H16ClN7O. The monoisotopic (exact) mass is 333 g/mol. The molecular weight excluding hydrogens is 318 g/mol. The molecule has 120 valence electrons. The van der Waals surface area contributed by atoms with E-state index in [1.807, 2.05) is 18.5 Å². The first kappa shape index (κ1) is 15.4. The largest absolute Gasteiger partial charge is 0.349 e. The number of aromatic nitrogens is 6. The van der Waals surface area contributed by atoms with Crippen molar-refractivity contribution >= 4 is 23.3 Å². The van der Waals surface area contributed by atoms with Gasteiger partial charge in [-0.2, -0.15) is 10.1 Å². The van der Waals surface area contributed by atoms with E-state index < -0.39 is 0 Å². The van der Waals surface area contributed by atoms with Crippen molar-refractivity contribution in [2.75, 3.05) is 6.54 Å². The van der Waals surface area contributed by atoms with Crippen molar-refractivity contribution in [1.82, 2.24) is 34.7 Å². The lowest BCUT2D eigenvalue weighted by atomic mass is 10.3. The van der Waals surface area contributed by atoms with Crippen LogP contribution in [0.4, 0.5) is 0 Å². The van der Waals surface area contributed by atoms with E-state index in [0.717, 1.165) is 17.8 Å².